The van der Waals surface area contributed by atoms with Gasteiger partial charge in [-0.1, -0.05) is 66.7 Å². The van der Waals surface area contributed by atoms with Crippen LogP contribution in [0.15, 0.2) is 128 Å². The van der Waals surface area contributed by atoms with E-state index in [1.54, 1.807) is 0 Å². The number of fused-ring (bicyclic) bond motifs is 9. The Morgan fingerprint density at radius 1 is 0.639 bits per heavy atom. The molecule has 0 spiro atoms. The van der Waals surface area contributed by atoms with Crippen molar-refractivity contribution in [2.45, 2.75) is 24.8 Å². The minimum atomic E-state index is 0.136. The second kappa shape index (κ2) is 8.42. The predicted molar refractivity (Wildman–Crippen MR) is 145 cm³/mol. The topological polar surface area (TPSA) is 7.76 Å². The van der Waals surface area contributed by atoms with E-state index in [0.717, 1.165) is 18.5 Å². The van der Waals surface area contributed by atoms with Crippen LogP contribution in [0.2, 0.25) is 0 Å². The molecule has 2 nitrogen and oxygen atoms in total. The second-order valence-electron chi connectivity index (χ2n) is 9.86. The van der Waals surface area contributed by atoms with Gasteiger partial charge in [-0.25, -0.2) is 0 Å². The molecule has 172 valence electrons. The lowest BCUT2D eigenvalue weighted by Gasteiger charge is -2.29. The standard InChI is InChI=1S/C34H28N2/c1-24-34-31(29-15-7-8-16-30(29)32-17-9-10-21-36(32)34)19-18-26-13-5-6-14-28(26)33-23-27(20-22-35(24)33)25-11-3-2-4-12-25/h2-17,20-23,31,34H,1,18-19H2/q+2. The third-order valence-electron chi connectivity index (χ3n) is 7.94. The van der Waals surface area contributed by atoms with Gasteiger partial charge in [0, 0.05) is 35.4 Å². The lowest BCUT2D eigenvalue weighted by atomic mass is 9.78. The molecule has 2 aliphatic rings. The average molecular weight is 465 g/mol. The fourth-order valence-corrected chi connectivity index (χ4v) is 6.26. The van der Waals surface area contributed by atoms with E-state index in [0.29, 0.717) is 5.92 Å². The van der Waals surface area contributed by atoms with Gasteiger partial charge in [0.1, 0.15) is 0 Å². The van der Waals surface area contributed by atoms with E-state index in [2.05, 4.69) is 131 Å². The largest absolute Gasteiger partial charge is 0.249 e. The van der Waals surface area contributed by atoms with Crippen LogP contribution >= 0.6 is 0 Å². The lowest BCUT2D eigenvalue weighted by Crippen LogP contribution is -2.53. The van der Waals surface area contributed by atoms with Gasteiger partial charge in [-0.05, 0) is 59.9 Å². The van der Waals surface area contributed by atoms with Gasteiger partial charge >= 0.3 is 0 Å². The molecule has 0 aliphatic carbocycles. The molecule has 0 saturated heterocycles. The molecule has 2 heteroatoms. The predicted octanol–water partition coefficient (Wildman–Crippen LogP) is 7.02. The van der Waals surface area contributed by atoms with Crippen LogP contribution in [0.25, 0.3) is 39.3 Å². The Hall–Kier alpha value is -4.30. The zero-order valence-corrected chi connectivity index (χ0v) is 20.2. The maximum atomic E-state index is 4.77. The number of hydrogen-bond donors (Lipinski definition) is 0. The zero-order valence-electron chi connectivity index (χ0n) is 20.2. The van der Waals surface area contributed by atoms with E-state index in [1.807, 2.05) is 0 Å². The van der Waals surface area contributed by atoms with E-state index in [4.69, 9.17) is 6.58 Å². The zero-order chi connectivity index (χ0) is 24.1. The van der Waals surface area contributed by atoms with Crippen molar-refractivity contribution in [3.63, 3.8) is 0 Å². The highest BCUT2D eigenvalue weighted by Crippen LogP contribution is 2.44. The molecule has 2 aromatic heterocycles. The number of benzene rings is 3. The van der Waals surface area contributed by atoms with Crippen molar-refractivity contribution in [1.29, 1.82) is 0 Å². The van der Waals surface area contributed by atoms with Crippen molar-refractivity contribution in [3.05, 3.63) is 139 Å². The van der Waals surface area contributed by atoms with Gasteiger partial charge in [-0.3, -0.25) is 0 Å². The highest BCUT2D eigenvalue weighted by molar-refractivity contribution is 5.72. The Morgan fingerprint density at radius 2 is 1.39 bits per heavy atom. The quantitative estimate of drug-likeness (QED) is 0.236. The molecule has 7 rings (SSSR count). The van der Waals surface area contributed by atoms with Crippen LogP contribution in [0.3, 0.4) is 0 Å². The van der Waals surface area contributed by atoms with Gasteiger partial charge in [0.25, 0.3) is 0 Å². The first-order chi connectivity index (χ1) is 17.8. The maximum Gasteiger partial charge on any atom is 0.249 e. The Kier molecular flexibility index (Phi) is 4.92. The first-order valence-corrected chi connectivity index (χ1v) is 12.8. The second-order valence-corrected chi connectivity index (χ2v) is 9.86. The molecule has 2 unspecified atom stereocenters. The number of aromatic nitrogens is 2. The Morgan fingerprint density at radius 3 is 2.28 bits per heavy atom. The molecule has 3 aromatic carbocycles. The molecular weight excluding hydrogens is 436 g/mol. The van der Waals surface area contributed by atoms with Crippen LogP contribution in [0, 0.1) is 0 Å². The molecule has 0 bridgehead atoms. The monoisotopic (exact) mass is 464 g/mol. The van der Waals surface area contributed by atoms with Crippen LogP contribution in [0.1, 0.15) is 29.5 Å². The van der Waals surface area contributed by atoms with Crippen molar-refractivity contribution in [1.82, 2.24) is 0 Å². The molecule has 36 heavy (non-hydrogen) atoms. The highest BCUT2D eigenvalue weighted by atomic mass is 15.1. The molecule has 0 amide bonds. The summed E-state index contributed by atoms with van der Waals surface area (Å²) in [6.45, 7) is 4.77. The summed E-state index contributed by atoms with van der Waals surface area (Å²) in [7, 11) is 0. The molecule has 0 saturated carbocycles. The normalized spacial score (nSPS) is 17.8. The van der Waals surface area contributed by atoms with E-state index >= 15 is 0 Å². The molecule has 2 atom stereocenters. The number of pyridine rings is 2. The number of hydrogen-bond acceptors (Lipinski definition) is 0. The summed E-state index contributed by atoms with van der Waals surface area (Å²) in [6.07, 6.45) is 6.55. The minimum Gasteiger partial charge on any atom is -0.184 e. The van der Waals surface area contributed by atoms with Crippen molar-refractivity contribution >= 4 is 5.70 Å². The summed E-state index contributed by atoms with van der Waals surface area (Å²) in [4.78, 5) is 0. The van der Waals surface area contributed by atoms with Gasteiger partial charge in [0.2, 0.25) is 23.1 Å². The molecule has 0 fully saturated rings. The summed E-state index contributed by atoms with van der Waals surface area (Å²) < 4.78 is 4.79. The SMILES string of the molecule is C=C1C2C(CCc3ccccc3-c3cc(-c4ccccc4)cc[n+]31)c1ccccc1-c1cccc[n+]12. The van der Waals surface area contributed by atoms with Crippen molar-refractivity contribution in [2.75, 3.05) is 0 Å². The van der Waals surface area contributed by atoms with Gasteiger partial charge in [-0.2, -0.15) is 9.13 Å². The Balaban J connectivity index is 1.49. The molecule has 2 aliphatic heterocycles. The molecule has 0 N–H and O–H groups in total. The first-order valence-electron chi connectivity index (χ1n) is 12.8. The molecule has 4 heterocycles. The van der Waals surface area contributed by atoms with Crippen molar-refractivity contribution < 1.29 is 9.13 Å². The van der Waals surface area contributed by atoms with E-state index in [9.17, 15) is 0 Å². The maximum absolute atomic E-state index is 4.77. The summed E-state index contributed by atoms with van der Waals surface area (Å²) in [5.41, 5.74) is 11.5. The molecular formula is C34H28N2+2. The van der Waals surface area contributed by atoms with Crippen LogP contribution in [0.5, 0.6) is 0 Å². The summed E-state index contributed by atoms with van der Waals surface area (Å²) in [6, 6.07) is 39.7. The van der Waals surface area contributed by atoms with Gasteiger partial charge in [0.05, 0.1) is 5.92 Å². The summed E-state index contributed by atoms with van der Waals surface area (Å²) in [5.74, 6) is 0.342. The Labute approximate surface area is 212 Å². The third kappa shape index (κ3) is 3.25. The average Bonchev–Trinajstić information content (AvgIpc) is 3.00. The number of rotatable bonds is 1. The fourth-order valence-electron chi connectivity index (χ4n) is 6.26. The smallest absolute Gasteiger partial charge is 0.184 e. The van der Waals surface area contributed by atoms with Gasteiger partial charge < -0.3 is 0 Å². The van der Waals surface area contributed by atoms with E-state index in [-0.39, 0.29) is 6.04 Å². The van der Waals surface area contributed by atoms with Gasteiger partial charge in [-0.15, -0.1) is 0 Å². The minimum absolute atomic E-state index is 0.136. The lowest BCUT2D eigenvalue weighted by molar-refractivity contribution is -0.727. The van der Waals surface area contributed by atoms with Crippen LogP contribution in [-0.4, -0.2) is 0 Å². The number of allylic oxidation sites excluding steroid dienone is 1. The van der Waals surface area contributed by atoms with Crippen LogP contribution in [0.4, 0.5) is 0 Å². The Bertz CT molecular complexity index is 1620. The summed E-state index contributed by atoms with van der Waals surface area (Å²) in [5, 5.41) is 0. The van der Waals surface area contributed by atoms with Gasteiger partial charge in [0.15, 0.2) is 12.4 Å². The number of nitrogens with zero attached hydrogens (tertiary/aromatic N) is 2. The molecule has 0 radical (unpaired) electrons. The van der Waals surface area contributed by atoms with E-state index < -0.39 is 0 Å². The molecule has 5 aromatic rings. The summed E-state index contributed by atoms with van der Waals surface area (Å²) >= 11 is 0. The van der Waals surface area contributed by atoms with Crippen LogP contribution < -0.4 is 9.13 Å². The van der Waals surface area contributed by atoms with Crippen molar-refractivity contribution in [3.8, 4) is 33.6 Å². The van der Waals surface area contributed by atoms with E-state index in [1.165, 1.54) is 44.8 Å². The fraction of sp³-hybridized carbons (Fsp3) is 0.118. The van der Waals surface area contributed by atoms with Crippen molar-refractivity contribution in [2.24, 2.45) is 0 Å². The van der Waals surface area contributed by atoms with Crippen LogP contribution in [-0.2, 0) is 6.42 Å². The number of aryl methyl sites for hydroxylation is 1. The highest BCUT2D eigenvalue weighted by Gasteiger charge is 2.46. The third-order valence-corrected chi connectivity index (χ3v) is 7.94. The first kappa shape index (κ1) is 21.0.